The van der Waals surface area contributed by atoms with E-state index in [2.05, 4.69) is 11.4 Å². The summed E-state index contributed by atoms with van der Waals surface area (Å²) in [6, 6.07) is 31.8. The minimum Gasteiger partial charge on any atom is -0.481 e. The van der Waals surface area contributed by atoms with Crippen LogP contribution in [0, 0.1) is 0 Å². The Balaban J connectivity index is 1.46. The van der Waals surface area contributed by atoms with Gasteiger partial charge in [-0.3, -0.25) is 19.2 Å². The van der Waals surface area contributed by atoms with Crippen LogP contribution in [0.3, 0.4) is 0 Å². The van der Waals surface area contributed by atoms with Gasteiger partial charge in [-0.05, 0) is 59.7 Å². The summed E-state index contributed by atoms with van der Waals surface area (Å²) in [5, 5.41) is 15.4. The number of para-hydroxylation sites is 1. The van der Waals surface area contributed by atoms with Crippen LogP contribution in [0.5, 0.6) is 0 Å². The van der Waals surface area contributed by atoms with Crippen molar-refractivity contribution < 1.29 is 24.3 Å². The Bertz CT molecular complexity index is 1900. The zero-order valence-corrected chi connectivity index (χ0v) is 27.2. The quantitative estimate of drug-likeness (QED) is 0.122. The minimum absolute atomic E-state index is 0.0559. The Morgan fingerprint density at radius 2 is 1.52 bits per heavy atom. The number of hydrogen-bond donors (Lipinski definition) is 3. The van der Waals surface area contributed by atoms with Gasteiger partial charge in [0.2, 0.25) is 11.8 Å². The second kappa shape index (κ2) is 15.9. The lowest BCUT2D eigenvalue weighted by Gasteiger charge is -2.34. The normalized spacial score (nSPS) is 12.4. The van der Waals surface area contributed by atoms with Crippen LogP contribution in [0.15, 0.2) is 103 Å². The molecule has 1 aromatic heterocycles. The van der Waals surface area contributed by atoms with Crippen LogP contribution in [0.2, 0.25) is 0 Å². The number of nitrogens with two attached hydrogens (primary N) is 1. The van der Waals surface area contributed by atoms with E-state index in [1.807, 2.05) is 109 Å². The number of nitrogens with zero attached hydrogens (tertiary/aromatic N) is 2. The van der Waals surface area contributed by atoms with Crippen LogP contribution in [-0.4, -0.2) is 56.9 Å². The first-order valence-electron chi connectivity index (χ1n) is 16.4. The lowest BCUT2D eigenvalue weighted by atomic mass is 9.97. The zero-order valence-electron chi connectivity index (χ0n) is 27.2. The van der Waals surface area contributed by atoms with E-state index in [-0.39, 0.29) is 31.6 Å². The highest BCUT2D eigenvalue weighted by Crippen LogP contribution is 2.24. The van der Waals surface area contributed by atoms with Gasteiger partial charge in [0, 0.05) is 42.9 Å². The van der Waals surface area contributed by atoms with E-state index >= 15 is 0 Å². The van der Waals surface area contributed by atoms with Crippen molar-refractivity contribution in [2.75, 3.05) is 6.54 Å². The number of fused-ring (bicyclic) bond motifs is 2. The number of hydrogen-bond acceptors (Lipinski definition) is 4. The first-order chi connectivity index (χ1) is 23.2. The molecule has 4 N–H and O–H groups in total. The fourth-order valence-electron chi connectivity index (χ4n) is 6.36. The number of aliphatic carboxylic acids is 1. The molecule has 3 amide bonds. The number of carboxylic acid groups (broad SMARTS) is 1. The standard InChI is InChI=1S/C39H42N4O5/c1-2-21-42(32(25-36(40)44)23-28-19-20-29-13-6-7-14-30(29)22-28)39(48)33(16-10-18-37(45)46)41-38(47)35-24-31-15-8-9-17-34(31)43(35)26-27-11-4-3-5-12-27/h3-9,11-15,17,19-20,22,24,32-33H,2,10,16,18,21,23,25-26H2,1H3,(H2,40,44)(H,41,47)(H,45,46)/t32-,33-/m0/s1. The summed E-state index contributed by atoms with van der Waals surface area (Å²) in [5.41, 5.74) is 8.95. The molecule has 0 unspecified atom stereocenters. The first kappa shape index (κ1) is 33.9. The summed E-state index contributed by atoms with van der Waals surface area (Å²) in [5.74, 6) is -2.32. The van der Waals surface area contributed by atoms with Crippen molar-refractivity contribution in [1.82, 2.24) is 14.8 Å². The Morgan fingerprint density at radius 3 is 2.23 bits per heavy atom. The third-order valence-electron chi connectivity index (χ3n) is 8.62. The molecule has 0 bridgehead atoms. The van der Waals surface area contributed by atoms with E-state index < -0.39 is 29.9 Å². The average molecular weight is 647 g/mol. The summed E-state index contributed by atoms with van der Waals surface area (Å²) in [7, 11) is 0. The second-order valence-corrected chi connectivity index (χ2v) is 12.2. The van der Waals surface area contributed by atoms with Gasteiger partial charge in [-0.25, -0.2) is 0 Å². The molecule has 0 fully saturated rings. The molecule has 0 radical (unpaired) electrons. The second-order valence-electron chi connectivity index (χ2n) is 12.2. The largest absolute Gasteiger partial charge is 0.481 e. The van der Waals surface area contributed by atoms with E-state index in [9.17, 15) is 24.3 Å². The molecule has 0 spiro atoms. The van der Waals surface area contributed by atoms with Crippen LogP contribution >= 0.6 is 0 Å². The molecule has 0 aliphatic rings. The molecule has 1 heterocycles. The van der Waals surface area contributed by atoms with Crippen molar-refractivity contribution in [3.8, 4) is 0 Å². The van der Waals surface area contributed by atoms with E-state index in [1.165, 1.54) is 0 Å². The highest BCUT2D eigenvalue weighted by atomic mass is 16.4. The van der Waals surface area contributed by atoms with Crippen molar-refractivity contribution in [3.63, 3.8) is 0 Å². The summed E-state index contributed by atoms with van der Waals surface area (Å²) in [6.45, 7) is 2.73. The highest BCUT2D eigenvalue weighted by Gasteiger charge is 2.32. The van der Waals surface area contributed by atoms with Crippen molar-refractivity contribution in [3.05, 3.63) is 120 Å². The van der Waals surface area contributed by atoms with Crippen LogP contribution in [0.4, 0.5) is 0 Å². The Kier molecular flexibility index (Phi) is 11.2. The van der Waals surface area contributed by atoms with E-state index in [0.717, 1.165) is 32.8 Å². The summed E-state index contributed by atoms with van der Waals surface area (Å²) in [4.78, 5) is 54.0. The predicted octanol–water partition coefficient (Wildman–Crippen LogP) is 5.92. The SMILES string of the molecule is CCCN(C(=O)[C@H](CCCC(=O)O)NC(=O)c1cc2ccccc2n1Cc1ccccc1)[C@H](CC(N)=O)Cc1ccc2ccccc2c1. The Labute approximate surface area is 280 Å². The van der Waals surface area contributed by atoms with Gasteiger partial charge in [-0.15, -0.1) is 0 Å². The molecule has 0 saturated carbocycles. The first-order valence-corrected chi connectivity index (χ1v) is 16.4. The molecular formula is C39H42N4O5. The maximum Gasteiger partial charge on any atom is 0.303 e. The number of nitrogens with one attached hydrogen (secondary N) is 1. The zero-order chi connectivity index (χ0) is 34.0. The minimum atomic E-state index is -1.02. The fraction of sp³-hybridized carbons (Fsp3) is 0.282. The topological polar surface area (TPSA) is 135 Å². The molecule has 2 atom stereocenters. The van der Waals surface area contributed by atoms with Gasteiger partial charge >= 0.3 is 5.97 Å². The van der Waals surface area contributed by atoms with Gasteiger partial charge in [0.05, 0.1) is 0 Å². The fourth-order valence-corrected chi connectivity index (χ4v) is 6.36. The van der Waals surface area contributed by atoms with Crippen molar-refractivity contribution >= 4 is 45.4 Å². The van der Waals surface area contributed by atoms with Gasteiger partial charge in [-0.2, -0.15) is 0 Å². The molecule has 4 aromatic carbocycles. The smallest absolute Gasteiger partial charge is 0.303 e. The number of primary amides is 1. The molecule has 248 valence electrons. The summed E-state index contributed by atoms with van der Waals surface area (Å²) >= 11 is 0. The number of benzene rings is 4. The third kappa shape index (κ3) is 8.47. The lowest BCUT2D eigenvalue weighted by molar-refractivity contribution is -0.139. The van der Waals surface area contributed by atoms with Crippen molar-refractivity contribution in [2.24, 2.45) is 5.73 Å². The molecule has 48 heavy (non-hydrogen) atoms. The van der Waals surface area contributed by atoms with Gasteiger partial charge in [0.25, 0.3) is 5.91 Å². The maximum atomic E-state index is 14.5. The number of amides is 3. The highest BCUT2D eigenvalue weighted by molar-refractivity contribution is 6.01. The van der Waals surface area contributed by atoms with Gasteiger partial charge in [0.1, 0.15) is 11.7 Å². The third-order valence-corrected chi connectivity index (χ3v) is 8.62. The Morgan fingerprint density at radius 1 is 0.833 bits per heavy atom. The van der Waals surface area contributed by atoms with Gasteiger partial charge in [0.15, 0.2) is 0 Å². The number of carbonyl (C=O) groups excluding carboxylic acids is 3. The van der Waals surface area contributed by atoms with E-state index in [4.69, 9.17) is 5.73 Å². The molecule has 0 aliphatic carbocycles. The Hall–Kier alpha value is -5.44. The molecule has 0 aliphatic heterocycles. The van der Waals surface area contributed by atoms with Crippen LogP contribution in [0.25, 0.3) is 21.7 Å². The van der Waals surface area contributed by atoms with Gasteiger partial charge < -0.3 is 25.6 Å². The maximum absolute atomic E-state index is 14.5. The van der Waals surface area contributed by atoms with Crippen LogP contribution < -0.4 is 11.1 Å². The van der Waals surface area contributed by atoms with Crippen LogP contribution in [0.1, 0.15) is 60.6 Å². The molecule has 0 saturated heterocycles. The molecule has 9 nitrogen and oxygen atoms in total. The molecular weight excluding hydrogens is 604 g/mol. The predicted molar refractivity (Wildman–Crippen MR) is 187 cm³/mol. The monoisotopic (exact) mass is 646 g/mol. The summed E-state index contributed by atoms with van der Waals surface area (Å²) in [6.07, 6.45) is 1.10. The number of rotatable bonds is 16. The van der Waals surface area contributed by atoms with Crippen molar-refractivity contribution in [1.29, 1.82) is 0 Å². The lowest BCUT2D eigenvalue weighted by Crippen LogP contribution is -2.53. The van der Waals surface area contributed by atoms with Gasteiger partial charge in [-0.1, -0.05) is 97.9 Å². The van der Waals surface area contributed by atoms with Crippen LogP contribution in [-0.2, 0) is 27.3 Å². The van der Waals surface area contributed by atoms with E-state index in [1.54, 1.807) is 4.90 Å². The van der Waals surface area contributed by atoms with Crippen molar-refractivity contribution in [2.45, 2.75) is 64.1 Å². The molecule has 5 aromatic rings. The molecule has 9 heteroatoms. The summed E-state index contributed by atoms with van der Waals surface area (Å²) < 4.78 is 1.93. The molecule has 5 rings (SSSR count). The number of carbonyl (C=O) groups is 4. The number of aromatic nitrogens is 1. The van der Waals surface area contributed by atoms with E-state index in [0.29, 0.717) is 31.6 Å². The average Bonchev–Trinajstić information content (AvgIpc) is 3.44. The number of carboxylic acids is 1.